The van der Waals surface area contributed by atoms with Gasteiger partial charge in [-0.2, -0.15) is 0 Å². The summed E-state index contributed by atoms with van der Waals surface area (Å²) in [6.45, 7) is 0. The van der Waals surface area contributed by atoms with Gasteiger partial charge in [-0.1, -0.05) is 0 Å². The van der Waals surface area contributed by atoms with Crippen molar-refractivity contribution in [3.63, 3.8) is 0 Å². The molecule has 1 N–H and O–H groups in total. The number of aliphatic carboxylic acids is 1. The minimum atomic E-state index is -0.744. The number of aromatic nitrogens is 2. The van der Waals surface area contributed by atoms with Crippen molar-refractivity contribution in [2.24, 2.45) is 0 Å². The molecule has 3 heterocycles. The third kappa shape index (κ3) is 2.79. The zero-order chi connectivity index (χ0) is 14.1. The van der Waals surface area contributed by atoms with E-state index in [1.54, 1.807) is 22.7 Å². The van der Waals surface area contributed by atoms with Crippen LogP contribution in [0.4, 0.5) is 0 Å². The van der Waals surface area contributed by atoms with Crippen LogP contribution in [0.5, 0.6) is 0 Å². The smallest absolute Gasteiger partial charge is 0.303 e. The summed E-state index contributed by atoms with van der Waals surface area (Å²) >= 11 is 6.70. The number of hydrogen-bond acceptors (Lipinski definition) is 4. The first-order valence-electron chi connectivity index (χ1n) is 6.06. The fourth-order valence-corrected chi connectivity index (χ4v) is 4.25. The van der Waals surface area contributed by atoms with Crippen LogP contribution in [0.1, 0.15) is 18.5 Å². The molecule has 0 saturated heterocycles. The second kappa shape index (κ2) is 5.67. The molecule has 0 unspecified atom stereocenters. The number of carbonyl (C=O) groups is 1. The van der Waals surface area contributed by atoms with Crippen molar-refractivity contribution in [2.75, 3.05) is 0 Å². The zero-order valence-electron chi connectivity index (χ0n) is 10.4. The first-order chi connectivity index (χ1) is 9.63. The van der Waals surface area contributed by atoms with Crippen molar-refractivity contribution in [1.82, 2.24) is 9.38 Å². The van der Waals surface area contributed by atoms with Gasteiger partial charge in [0.05, 0.1) is 8.66 Å². The molecule has 0 aliphatic rings. The highest BCUT2D eigenvalue weighted by Crippen LogP contribution is 2.32. The Morgan fingerprint density at radius 3 is 3.00 bits per heavy atom. The quantitative estimate of drug-likeness (QED) is 0.728. The van der Waals surface area contributed by atoms with E-state index in [0.29, 0.717) is 6.42 Å². The van der Waals surface area contributed by atoms with E-state index in [1.165, 1.54) is 0 Å². The Morgan fingerprint density at radius 2 is 2.30 bits per heavy atom. The molecule has 0 bridgehead atoms. The highest BCUT2D eigenvalue weighted by atomic mass is 79.9. The van der Waals surface area contributed by atoms with Crippen molar-refractivity contribution in [1.29, 1.82) is 0 Å². The van der Waals surface area contributed by atoms with Crippen LogP contribution in [0.15, 0.2) is 27.5 Å². The van der Waals surface area contributed by atoms with Crippen LogP contribution in [-0.4, -0.2) is 20.5 Å². The van der Waals surface area contributed by atoms with Gasteiger partial charge in [0.25, 0.3) is 0 Å². The first-order valence-corrected chi connectivity index (χ1v) is 8.55. The average Bonchev–Trinajstić information content (AvgIpc) is 3.05. The lowest BCUT2D eigenvalue weighted by atomic mass is 10.2. The van der Waals surface area contributed by atoms with Crippen molar-refractivity contribution in [2.45, 2.75) is 19.3 Å². The van der Waals surface area contributed by atoms with E-state index in [4.69, 9.17) is 5.11 Å². The topological polar surface area (TPSA) is 54.6 Å². The number of rotatable bonds is 5. The minimum Gasteiger partial charge on any atom is -0.481 e. The third-order valence-corrected chi connectivity index (χ3v) is 5.47. The number of halogens is 1. The first kappa shape index (κ1) is 13.8. The Hall–Kier alpha value is -1.18. The normalized spacial score (nSPS) is 11.2. The standard InChI is InChI=1S/C13H11BrN2O2S2/c14-11-5-4-10(20-11)9-6-16-8(2-1-3-12(17)18)7-19-13(16)15-9/h4-7H,1-3H2,(H,17,18). The van der Waals surface area contributed by atoms with Gasteiger partial charge in [-0.25, -0.2) is 4.98 Å². The van der Waals surface area contributed by atoms with Crippen LogP contribution in [-0.2, 0) is 11.2 Å². The van der Waals surface area contributed by atoms with Crippen molar-refractivity contribution in [3.05, 3.63) is 33.2 Å². The predicted octanol–water partition coefficient (Wildman–Crippen LogP) is 4.29. The number of carboxylic acid groups (broad SMARTS) is 1. The summed E-state index contributed by atoms with van der Waals surface area (Å²) in [5.74, 6) is -0.744. The van der Waals surface area contributed by atoms with Crippen molar-refractivity contribution < 1.29 is 9.90 Å². The number of thiazole rings is 1. The van der Waals surface area contributed by atoms with E-state index in [9.17, 15) is 4.79 Å². The second-order valence-electron chi connectivity index (χ2n) is 4.36. The second-order valence-corrected chi connectivity index (χ2v) is 7.66. The summed E-state index contributed by atoms with van der Waals surface area (Å²) in [5.41, 5.74) is 2.09. The van der Waals surface area contributed by atoms with Gasteiger partial charge >= 0.3 is 5.97 Å². The molecule has 0 saturated carbocycles. The molecular weight excluding hydrogens is 360 g/mol. The fourth-order valence-electron chi connectivity index (χ4n) is 2.00. The van der Waals surface area contributed by atoms with Crippen LogP contribution in [0, 0.1) is 0 Å². The highest BCUT2D eigenvalue weighted by Gasteiger charge is 2.11. The molecule has 4 nitrogen and oxygen atoms in total. The lowest BCUT2D eigenvalue weighted by molar-refractivity contribution is -0.137. The number of hydrogen-bond donors (Lipinski definition) is 1. The van der Waals surface area contributed by atoms with Crippen LogP contribution in [0.25, 0.3) is 15.5 Å². The number of aryl methyl sites for hydroxylation is 1. The summed E-state index contributed by atoms with van der Waals surface area (Å²) in [4.78, 5) is 17.3. The summed E-state index contributed by atoms with van der Waals surface area (Å²) in [7, 11) is 0. The number of fused-ring (bicyclic) bond motifs is 1. The van der Waals surface area contributed by atoms with Gasteiger partial charge in [0, 0.05) is 23.7 Å². The van der Waals surface area contributed by atoms with Gasteiger partial charge < -0.3 is 5.11 Å². The lowest BCUT2D eigenvalue weighted by Crippen LogP contribution is -1.97. The Balaban J connectivity index is 1.85. The van der Waals surface area contributed by atoms with Gasteiger partial charge in [0.15, 0.2) is 4.96 Å². The Bertz CT molecular complexity index is 759. The summed E-state index contributed by atoms with van der Waals surface area (Å²) in [6, 6.07) is 4.06. The summed E-state index contributed by atoms with van der Waals surface area (Å²) in [5, 5.41) is 10.7. The predicted molar refractivity (Wildman–Crippen MR) is 84.7 cm³/mol. The Morgan fingerprint density at radius 1 is 1.45 bits per heavy atom. The monoisotopic (exact) mass is 370 g/mol. The zero-order valence-corrected chi connectivity index (χ0v) is 13.6. The molecule has 3 rings (SSSR count). The Kier molecular flexibility index (Phi) is 3.91. The fraction of sp³-hybridized carbons (Fsp3) is 0.231. The molecular formula is C13H11BrN2O2S2. The largest absolute Gasteiger partial charge is 0.481 e. The van der Waals surface area contributed by atoms with E-state index in [2.05, 4.69) is 30.7 Å². The van der Waals surface area contributed by atoms with Gasteiger partial charge in [-0.15, -0.1) is 22.7 Å². The summed E-state index contributed by atoms with van der Waals surface area (Å²) < 4.78 is 3.15. The molecule has 7 heteroatoms. The van der Waals surface area contributed by atoms with E-state index in [-0.39, 0.29) is 6.42 Å². The van der Waals surface area contributed by atoms with Crippen LogP contribution in [0.3, 0.4) is 0 Å². The minimum absolute atomic E-state index is 0.205. The maximum atomic E-state index is 10.6. The maximum Gasteiger partial charge on any atom is 0.303 e. The molecule has 0 amide bonds. The van der Waals surface area contributed by atoms with Crippen LogP contribution < -0.4 is 0 Å². The van der Waals surface area contributed by atoms with Crippen LogP contribution >= 0.6 is 38.6 Å². The molecule has 0 aliphatic carbocycles. The van der Waals surface area contributed by atoms with Gasteiger partial charge in [0.2, 0.25) is 0 Å². The van der Waals surface area contributed by atoms with E-state index in [1.807, 2.05) is 18.3 Å². The molecule has 0 atom stereocenters. The van der Waals surface area contributed by atoms with E-state index in [0.717, 1.165) is 31.4 Å². The molecule has 0 radical (unpaired) electrons. The van der Waals surface area contributed by atoms with Gasteiger partial charge in [-0.05, 0) is 40.9 Å². The highest BCUT2D eigenvalue weighted by molar-refractivity contribution is 9.11. The van der Waals surface area contributed by atoms with Crippen molar-refractivity contribution >= 4 is 49.5 Å². The lowest BCUT2D eigenvalue weighted by Gasteiger charge is -1.97. The third-order valence-electron chi connectivity index (χ3n) is 2.93. The van der Waals surface area contributed by atoms with Crippen molar-refractivity contribution in [3.8, 4) is 10.6 Å². The molecule has 0 fully saturated rings. The molecule has 3 aromatic heterocycles. The molecule has 0 aromatic carbocycles. The average molecular weight is 371 g/mol. The number of carboxylic acids is 1. The number of nitrogens with zero attached hydrogens (tertiary/aromatic N) is 2. The van der Waals surface area contributed by atoms with Gasteiger partial charge in [0.1, 0.15) is 5.69 Å². The summed E-state index contributed by atoms with van der Waals surface area (Å²) in [6.07, 6.45) is 3.65. The number of imidazole rings is 1. The van der Waals surface area contributed by atoms with Crippen LogP contribution in [0.2, 0.25) is 0 Å². The number of thiophene rings is 1. The van der Waals surface area contributed by atoms with E-state index < -0.39 is 5.97 Å². The molecule has 104 valence electrons. The molecule has 3 aromatic rings. The maximum absolute atomic E-state index is 10.6. The molecule has 0 spiro atoms. The SMILES string of the molecule is O=C(O)CCCc1csc2nc(-c3ccc(Br)s3)cn12. The van der Waals surface area contributed by atoms with E-state index >= 15 is 0 Å². The molecule has 0 aliphatic heterocycles. The molecule has 20 heavy (non-hydrogen) atoms. The van der Waals surface area contributed by atoms with Gasteiger partial charge in [-0.3, -0.25) is 9.20 Å². The Labute approximate surface area is 131 Å².